The molecule has 0 spiro atoms. The summed E-state index contributed by atoms with van der Waals surface area (Å²) in [5.41, 5.74) is 7.52. The number of aliphatic hydroxyl groups excluding tert-OH is 1. The Bertz CT molecular complexity index is 1770. The van der Waals surface area contributed by atoms with Crippen LogP contribution in [-0.4, -0.2) is 30.5 Å². The third-order valence-electron chi connectivity index (χ3n) is 8.24. The molecule has 2 heterocycles. The number of fused-ring (bicyclic) bond motifs is 1. The second-order valence-electron chi connectivity index (χ2n) is 11.2. The molecule has 1 saturated heterocycles. The molecule has 7 nitrogen and oxygen atoms in total. The van der Waals surface area contributed by atoms with Gasteiger partial charge in [-0.05, 0) is 39.9 Å². The van der Waals surface area contributed by atoms with Gasteiger partial charge in [0.05, 0.1) is 42.7 Å². The lowest BCUT2D eigenvalue weighted by Gasteiger charge is -2.41. The standard InChI is InChI=1S/C35H32Cl3N3O4/c1-22-31(19-41-21-40-29-8-4-5-9-30(29)41)44-33(45-32(22)25-12-10-23(20-42)11-13-25)26-16-14-24(15-17-26)28-7-3-2-6-27(28)18-39-34(43)35(36,37)38/h2-17,21-22,31-33,42H,18-20H2,1H3,(H,39,43)/t22-,31+,32+,33+/m0/s1. The van der Waals surface area contributed by atoms with Gasteiger partial charge in [0, 0.05) is 18.0 Å². The van der Waals surface area contributed by atoms with E-state index in [-0.39, 0.29) is 31.3 Å². The van der Waals surface area contributed by atoms with Gasteiger partial charge >= 0.3 is 0 Å². The van der Waals surface area contributed by atoms with Crippen LogP contribution in [0.1, 0.15) is 41.6 Å². The molecule has 0 bridgehead atoms. The third-order valence-corrected chi connectivity index (χ3v) is 8.75. The number of benzene rings is 4. The minimum absolute atomic E-state index is 0.0157. The van der Waals surface area contributed by atoms with E-state index in [0.717, 1.165) is 44.4 Å². The van der Waals surface area contributed by atoms with Gasteiger partial charge in [-0.2, -0.15) is 0 Å². The summed E-state index contributed by atoms with van der Waals surface area (Å²) in [5, 5.41) is 12.3. The third kappa shape index (κ3) is 7.04. The van der Waals surface area contributed by atoms with Crippen molar-refractivity contribution in [2.75, 3.05) is 0 Å². The SMILES string of the molecule is C[C@H]1[C@@H](Cn2cnc3ccccc32)O[C@@H](c2ccc(-c3ccccc3CNC(=O)C(Cl)(Cl)Cl)cc2)O[C@H]1c1ccc(CO)cc1. The number of amides is 1. The van der Waals surface area contributed by atoms with Gasteiger partial charge in [0.1, 0.15) is 0 Å². The molecule has 1 aliphatic heterocycles. The largest absolute Gasteiger partial charge is 0.392 e. The highest BCUT2D eigenvalue weighted by atomic mass is 35.6. The summed E-state index contributed by atoms with van der Waals surface area (Å²) in [6.45, 7) is 2.95. The van der Waals surface area contributed by atoms with E-state index >= 15 is 0 Å². The van der Waals surface area contributed by atoms with Crippen LogP contribution in [0, 0.1) is 5.92 Å². The average molecular weight is 665 g/mol. The van der Waals surface area contributed by atoms with Crippen LogP contribution in [0.5, 0.6) is 0 Å². The summed E-state index contributed by atoms with van der Waals surface area (Å²) >= 11 is 17.2. The van der Waals surface area contributed by atoms with Crippen LogP contribution in [0.15, 0.2) is 103 Å². The Morgan fingerprint density at radius 1 is 0.911 bits per heavy atom. The summed E-state index contributed by atoms with van der Waals surface area (Å²) < 4.78 is 13.4. The highest BCUT2D eigenvalue weighted by Crippen LogP contribution is 2.42. The van der Waals surface area contributed by atoms with Gasteiger partial charge in [-0.15, -0.1) is 0 Å². The average Bonchev–Trinajstić information content (AvgIpc) is 3.47. The first kappa shape index (κ1) is 31.5. The van der Waals surface area contributed by atoms with E-state index in [4.69, 9.17) is 44.3 Å². The molecular formula is C35H32Cl3N3O4. The maximum atomic E-state index is 12.1. The summed E-state index contributed by atoms with van der Waals surface area (Å²) in [6, 6.07) is 31.7. The molecule has 0 saturated carbocycles. The summed E-state index contributed by atoms with van der Waals surface area (Å²) in [5.74, 6) is -0.659. The lowest BCUT2D eigenvalue weighted by atomic mass is 9.90. The van der Waals surface area contributed by atoms with E-state index in [2.05, 4.69) is 27.9 Å². The van der Waals surface area contributed by atoms with Crippen molar-refractivity contribution in [3.63, 3.8) is 0 Å². The van der Waals surface area contributed by atoms with E-state index in [1.807, 2.05) is 97.3 Å². The zero-order chi connectivity index (χ0) is 31.6. The van der Waals surface area contributed by atoms with Crippen LogP contribution >= 0.6 is 34.8 Å². The number of ether oxygens (including phenoxy) is 2. The Kier molecular flexibility index (Phi) is 9.47. The molecule has 2 N–H and O–H groups in total. The number of aliphatic hydroxyl groups is 1. The van der Waals surface area contributed by atoms with Crippen LogP contribution in [0.4, 0.5) is 0 Å². The Hall–Kier alpha value is -3.43. The zero-order valence-corrected chi connectivity index (χ0v) is 26.7. The second kappa shape index (κ2) is 13.5. The van der Waals surface area contributed by atoms with Crippen LogP contribution in [-0.2, 0) is 34.0 Å². The molecule has 45 heavy (non-hydrogen) atoms. The van der Waals surface area contributed by atoms with Gasteiger partial charge in [-0.25, -0.2) is 4.98 Å². The van der Waals surface area contributed by atoms with Crippen molar-refractivity contribution >= 4 is 51.7 Å². The van der Waals surface area contributed by atoms with Gasteiger partial charge in [0.15, 0.2) is 6.29 Å². The maximum Gasteiger partial charge on any atom is 0.272 e. The lowest BCUT2D eigenvalue weighted by molar-refractivity contribution is -0.276. The fraction of sp³-hybridized carbons (Fsp3) is 0.257. The topological polar surface area (TPSA) is 85.6 Å². The van der Waals surface area contributed by atoms with Crippen LogP contribution in [0.25, 0.3) is 22.2 Å². The van der Waals surface area contributed by atoms with E-state index in [1.165, 1.54) is 0 Å². The van der Waals surface area contributed by atoms with Gasteiger partial charge in [-0.3, -0.25) is 4.79 Å². The summed E-state index contributed by atoms with van der Waals surface area (Å²) in [7, 11) is 0. The molecule has 232 valence electrons. The fourth-order valence-electron chi connectivity index (χ4n) is 5.73. The van der Waals surface area contributed by atoms with E-state index in [9.17, 15) is 9.90 Å². The number of rotatable bonds is 8. The zero-order valence-electron chi connectivity index (χ0n) is 24.4. The quantitative estimate of drug-likeness (QED) is 0.166. The van der Waals surface area contributed by atoms with Crippen molar-refractivity contribution in [3.8, 4) is 11.1 Å². The predicted molar refractivity (Wildman–Crippen MR) is 177 cm³/mol. The first-order valence-electron chi connectivity index (χ1n) is 14.6. The number of alkyl halides is 3. The highest BCUT2D eigenvalue weighted by Gasteiger charge is 2.38. The monoisotopic (exact) mass is 663 g/mol. The van der Waals surface area contributed by atoms with Crippen molar-refractivity contribution in [3.05, 3.63) is 126 Å². The Morgan fingerprint density at radius 2 is 1.60 bits per heavy atom. The molecule has 0 aliphatic carbocycles. The molecule has 1 fully saturated rings. The van der Waals surface area contributed by atoms with Crippen molar-refractivity contribution in [2.45, 2.75) is 48.9 Å². The van der Waals surface area contributed by atoms with Gasteiger partial charge in [0.2, 0.25) is 0 Å². The number of aromatic nitrogens is 2. The number of carbonyl (C=O) groups is 1. The Balaban J connectivity index is 1.27. The smallest absolute Gasteiger partial charge is 0.272 e. The molecule has 6 rings (SSSR count). The van der Waals surface area contributed by atoms with E-state index in [0.29, 0.717) is 6.54 Å². The first-order valence-corrected chi connectivity index (χ1v) is 15.8. The summed E-state index contributed by atoms with van der Waals surface area (Å²) in [4.78, 5) is 16.7. The number of carbonyl (C=O) groups excluding carboxylic acids is 1. The molecule has 5 aromatic rings. The minimum atomic E-state index is -2.03. The number of halogens is 3. The Labute approximate surface area is 276 Å². The number of nitrogens with one attached hydrogen (secondary N) is 1. The molecule has 0 unspecified atom stereocenters. The normalized spacial score (nSPS) is 20.3. The van der Waals surface area contributed by atoms with Gasteiger partial charge in [0.25, 0.3) is 9.70 Å². The van der Waals surface area contributed by atoms with E-state index in [1.54, 1.807) is 0 Å². The van der Waals surface area contributed by atoms with Crippen molar-refractivity contribution in [2.24, 2.45) is 5.92 Å². The molecule has 1 aliphatic rings. The molecule has 4 atom stereocenters. The molecule has 1 amide bonds. The minimum Gasteiger partial charge on any atom is -0.392 e. The molecule has 0 radical (unpaired) electrons. The number of nitrogens with zero attached hydrogens (tertiary/aromatic N) is 2. The van der Waals surface area contributed by atoms with Crippen LogP contribution in [0.2, 0.25) is 0 Å². The fourth-order valence-corrected chi connectivity index (χ4v) is 5.93. The van der Waals surface area contributed by atoms with Crippen molar-refractivity contribution in [1.29, 1.82) is 0 Å². The second-order valence-corrected chi connectivity index (χ2v) is 13.4. The van der Waals surface area contributed by atoms with E-state index < -0.39 is 16.0 Å². The first-order chi connectivity index (χ1) is 21.7. The van der Waals surface area contributed by atoms with Gasteiger partial charge < -0.3 is 24.5 Å². The predicted octanol–water partition coefficient (Wildman–Crippen LogP) is 7.67. The highest BCUT2D eigenvalue weighted by molar-refractivity contribution is 6.76. The van der Waals surface area contributed by atoms with Crippen molar-refractivity contribution in [1.82, 2.24) is 14.9 Å². The summed E-state index contributed by atoms with van der Waals surface area (Å²) in [6.07, 6.45) is 0.832. The van der Waals surface area contributed by atoms with Gasteiger partial charge in [-0.1, -0.05) is 127 Å². The Morgan fingerprint density at radius 3 is 2.33 bits per heavy atom. The van der Waals surface area contributed by atoms with Crippen LogP contribution in [0.3, 0.4) is 0 Å². The number of para-hydroxylation sites is 2. The molecule has 4 aromatic carbocycles. The maximum absolute atomic E-state index is 12.1. The molecular weight excluding hydrogens is 633 g/mol. The molecule has 1 aromatic heterocycles. The lowest BCUT2D eigenvalue weighted by Crippen LogP contribution is -2.39. The van der Waals surface area contributed by atoms with Crippen molar-refractivity contribution < 1.29 is 19.4 Å². The number of hydrogen-bond acceptors (Lipinski definition) is 5. The number of imidazole rings is 1. The van der Waals surface area contributed by atoms with Crippen LogP contribution < -0.4 is 5.32 Å². The molecule has 10 heteroatoms. The number of hydrogen-bond donors (Lipinski definition) is 2.